The number of thioether (sulfide) groups is 1. The van der Waals surface area contributed by atoms with E-state index in [1.165, 1.54) is 0 Å². The van der Waals surface area contributed by atoms with Crippen molar-refractivity contribution < 1.29 is 9.68 Å². The molecule has 1 heterocycles. The fourth-order valence-electron chi connectivity index (χ4n) is 2.64. The molecule has 0 aromatic heterocycles. The highest BCUT2D eigenvalue weighted by molar-refractivity contribution is 8.14. The van der Waals surface area contributed by atoms with Crippen molar-refractivity contribution in [3.8, 4) is 0 Å². The average Bonchev–Trinajstić information content (AvgIpc) is 2.83. The third-order valence-corrected chi connectivity index (χ3v) is 4.95. The van der Waals surface area contributed by atoms with E-state index in [1.807, 2.05) is 79.1 Å². The highest BCUT2D eigenvalue weighted by Crippen LogP contribution is 2.32. The average molecular weight is 325 g/mol. The van der Waals surface area contributed by atoms with Crippen molar-refractivity contribution >= 4 is 28.2 Å². The number of rotatable bonds is 4. The Bertz CT molecular complexity index is 736. The molecule has 1 atom stereocenters. The van der Waals surface area contributed by atoms with E-state index in [4.69, 9.17) is 0 Å². The number of hydrogen-bond acceptors (Lipinski definition) is 3. The summed E-state index contributed by atoms with van der Waals surface area (Å²) in [6.45, 7) is 3.89. The highest BCUT2D eigenvalue weighted by Gasteiger charge is 2.44. The molecule has 0 fully saturated rings. The normalized spacial score (nSPS) is 21.6. The van der Waals surface area contributed by atoms with Gasteiger partial charge in [-0.3, -0.25) is 0 Å². The molecular weight excluding hydrogens is 304 g/mol. The van der Waals surface area contributed by atoms with Gasteiger partial charge in [0.15, 0.2) is 0 Å². The molecule has 0 saturated carbocycles. The lowest BCUT2D eigenvalue weighted by Gasteiger charge is -2.14. The Morgan fingerprint density at radius 1 is 1.13 bits per heavy atom. The number of nitrogens with zero attached hydrogens (tertiary/aromatic N) is 1. The summed E-state index contributed by atoms with van der Waals surface area (Å²) in [7, 11) is 0. The molecule has 2 aromatic rings. The first-order valence-electron chi connectivity index (χ1n) is 7.64. The van der Waals surface area contributed by atoms with Crippen LogP contribution in [-0.2, 0) is 0 Å². The maximum Gasteiger partial charge on any atom is 0.278 e. The van der Waals surface area contributed by atoms with Crippen molar-refractivity contribution in [2.45, 2.75) is 19.6 Å². The zero-order valence-corrected chi connectivity index (χ0v) is 14.2. The Morgan fingerprint density at radius 3 is 2.39 bits per heavy atom. The molecule has 1 unspecified atom stereocenters. The van der Waals surface area contributed by atoms with Crippen LogP contribution in [0, 0.1) is 0 Å². The molecule has 3 rings (SSSR count). The molecule has 1 aliphatic rings. The van der Waals surface area contributed by atoms with Crippen LogP contribution in [-0.4, -0.2) is 26.2 Å². The van der Waals surface area contributed by atoms with Crippen LogP contribution in [0.5, 0.6) is 0 Å². The molecule has 2 N–H and O–H groups in total. The van der Waals surface area contributed by atoms with Gasteiger partial charge in [-0.05, 0) is 30.8 Å². The van der Waals surface area contributed by atoms with Crippen molar-refractivity contribution in [3.05, 3.63) is 72.4 Å². The molecule has 0 bridgehead atoms. The van der Waals surface area contributed by atoms with Crippen LogP contribution in [0.15, 0.2) is 72.4 Å². The Hall–Kier alpha value is -2.04. The van der Waals surface area contributed by atoms with E-state index >= 15 is 0 Å². The Labute approximate surface area is 141 Å². The molecular formula is C19H21N2OS+. The van der Waals surface area contributed by atoms with Crippen LogP contribution < -0.4 is 5.32 Å². The lowest BCUT2D eigenvalue weighted by atomic mass is 10.2. The predicted octanol–water partition coefficient (Wildman–Crippen LogP) is 4.20. The van der Waals surface area contributed by atoms with Gasteiger partial charge in [-0.15, -0.1) is 0 Å². The van der Waals surface area contributed by atoms with Gasteiger partial charge in [0.05, 0.1) is 5.75 Å². The summed E-state index contributed by atoms with van der Waals surface area (Å²) >= 11 is 1.67. The summed E-state index contributed by atoms with van der Waals surface area (Å²) in [4.78, 5) is 0. The first-order chi connectivity index (χ1) is 11.1. The quantitative estimate of drug-likeness (QED) is 0.827. The largest absolute Gasteiger partial charge is 0.359 e. The van der Waals surface area contributed by atoms with Gasteiger partial charge in [-0.2, -0.15) is 4.58 Å². The molecule has 1 aliphatic heterocycles. The van der Waals surface area contributed by atoms with Gasteiger partial charge in [0.2, 0.25) is 10.7 Å². The van der Waals surface area contributed by atoms with Crippen LogP contribution >= 0.6 is 11.8 Å². The minimum absolute atomic E-state index is 0.645. The molecule has 0 spiro atoms. The lowest BCUT2D eigenvalue weighted by molar-refractivity contribution is -0.574. The minimum Gasteiger partial charge on any atom is -0.359 e. The van der Waals surface area contributed by atoms with Gasteiger partial charge in [-0.1, -0.05) is 36.4 Å². The van der Waals surface area contributed by atoms with Crippen molar-refractivity contribution in [1.29, 1.82) is 0 Å². The van der Waals surface area contributed by atoms with Crippen LogP contribution in [0.4, 0.5) is 11.4 Å². The molecule has 0 aliphatic carbocycles. The predicted molar refractivity (Wildman–Crippen MR) is 98.3 cm³/mol. The van der Waals surface area contributed by atoms with E-state index in [9.17, 15) is 5.11 Å². The molecule has 0 radical (unpaired) electrons. The first kappa shape index (κ1) is 15.8. The Kier molecular flexibility index (Phi) is 4.55. The lowest BCUT2D eigenvalue weighted by Crippen LogP contribution is -2.36. The molecule has 2 aromatic carbocycles. The van der Waals surface area contributed by atoms with Crippen molar-refractivity contribution in [2.75, 3.05) is 11.1 Å². The molecule has 0 amide bonds. The molecule has 23 heavy (non-hydrogen) atoms. The molecule has 3 nitrogen and oxygen atoms in total. The van der Waals surface area contributed by atoms with E-state index in [-0.39, 0.29) is 0 Å². The van der Waals surface area contributed by atoms with Gasteiger partial charge in [-0.25, -0.2) is 0 Å². The van der Waals surface area contributed by atoms with Gasteiger partial charge in [0.25, 0.3) is 5.72 Å². The minimum atomic E-state index is -0.884. The number of para-hydroxylation sites is 2. The number of nitrogens with one attached hydrogen (secondary N) is 1. The van der Waals surface area contributed by atoms with Crippen molar-refractivity contribution in [1.82, 2.24) is 0 Å². The maximum absolute atomic E-state index is 10.7. The molecule has 118 valence electrons. The van der Waals surface area contributed by atoms with Gasteiger partial charge < -0.3 is 10.4 Å². The zero-order valence-electron chi connectivity index (χ0n) is 13.4. The molecule has 4 heteroatoms. The fourth-order valence-corrected chi connectivity index (χ4v) is 3.88. The summed E-state index contributed by atoms with van der Waals surface area (Å²) in [6.07, 6.45) is 2.09. The number of benzene rings is 2. The topological polar surface area (TPSA) is 35.3 Å². The summed E-state index contributed by atoms with van der Waals surface area (Å²) in [5, 5.41) is 15.1. The number of aliphatic hydroxyl groups is 1. The van der Waals surface area contributed by atoms with Gasteiger partial charge >= 0.3 is 0 Å². The fraction of sp³-hybridized carbons (Fsp3) is 0.211. The van der Waals surface area contributed by atoms with Crippen LogP contribution in [0.3, 0.4) is 0 Å². The second kappa shape index (κ2) is 6.60. The monoisotopic (exact) mass is 325 g/mol. The van der Waals surface area contributed by atoms with E-state index in [0.29, 0.717) is 5.75 Å². The zero-order chi connectivity index (χ0) is 16.3. The van der Waals surface area contributed by atoms with Gasteiger partial charge in [0.1, 0.15) is 0 Å². The Morgan fingerprint density at radius 2 is 1.74 bits per heavy atom. The summed E-state index contributed by atoms with van der Waals surface area (Å²) in [5.74, 6) is 0.645. The second-order valence-electron chi connectivity index (χ2n) is 5.83. The van der Waals surface area contributed by atoms with E-state index < -0.39 is 5.72 Å². The third kappa shape index (κ3) is 3.66. The van der Waals surface area contributed by atoms with Crippen molar-refractivity contribution in [2.24, 2.45) is 0 Å². The third-order valence-electron chi connectivity index (χ3n) is 3.67. The molecule has 0 saturated heterocycles. The summed E-state index contributed by atoms with van der Waals surface area (Å²) in [6, 6.07) is 20.1. The van der Waals surface area contributed by atoms with Crippen LogP contribution in [0.1, 0.15) is 13.8 Å². The van der Waals surface area contributed by atoms with Crippen molar-refractivity contribution in [3.63, 3.8) is 0 Å². The van der Waals surface area contributed by atoms with Gasteiger partial charge in [0, 0.05) is 36.5 Å². The first-order valence-corrected chi connectivity index (χ1v) is 8.63. The number of hydrogen-bond donors (Lipinski definition) is 2. The second-order valence-corrected chi connectivity index (χ2v) is 6.83. The van der Waals surface area contributed by atoms with E-state index in [2.05, 4.69) is 11.4 Å². The highest BCUT2D eigenvalue weighted by atomic mass is 32.2. The smallest absolute Gasteiger partial charge is 0.278 e. The Balaban J connectivity index is 1.94. The SMILES string of the molecule is CC(=CC1=[N+](c2ccccc2)C(C)(O)CS1)Nc1ccccc1. The summed E-state index contributed by atoms with van der Waals surface area (Å²) < 4.78 is 1.99. The standard InChI is InChI=1S/C19H20N2OS/c1-15(20-16-9-5-3-6-10-16)13-18-21(19(2,22)14-23-18)17-11-7-4-8-12-17/h3-13,22H,14H2,1-2H3/p+1. The van der Waals surface area contributed by atoms with Crippen LogP contribution in [0.2, 0.25) is 0 Å². The van der Waals surface area contributed by atoms with E-state index in [1.54, 1.807) is 11.8 Å². The van der Waals surface area contributed by atoms with E-state index in [0.717, 1.165) is 22.1 Å². The maximum atomic E-state index is 10.7. The summed E-state index contributed by atoms with van der Waals surface area (Å²) in [5.41, 5.74) is 2.21. The number of allylic oxidation sites excluding steroid dienone is 1. The van der Waals surface area contributed by atoms with Crippen LogP contribution in [0.25, 0.3) is 0 Å². The number of anilines is 1.